The lowest BCUT2D eigenvalue weighted by atomic mass is 9.63. The van der Waals surface area contributed by atoms with Crippen molar-refractivity contribution in [1.29, 1.82) is 0 Å². The summed E-state index contributed by atoms with van der Waals surface area (Å²) in [7, 11) is 0. The van der Waals surface area contributed by atoms with Crippen LogP contribution in [0, 0.1) is 11.3 Å². The minimum atomic E-state index is -0.531. The number of carbonyl (C=O) groups excluding carboxylic acids is 2. The highest BCUT2D eigenvalue weighted by Crippen LogP contribution is 2.48. The van der Waals surface area contributed by atoms with Crippen molar-refractivity contribution in [3.05, 3.63) is 35.0 Å². The number of nitrogens with two attached hydrogens (primary N) is 1. The van der Waals surface area contributed by atoms with Gasteiger partial charge in [0.1, 0.15) is 5.78 Å². The van der Waals surface area contributed by atoms with Crippen LogP contribution in [0.25, 0.3) is 0 Å². The molecule has 2 unspecified atom stereocenters. The molecule has 0 aromatic heterocycles. The van der Waals surface area contributed by atoms with Gasteiger partial charge in [-0.3, -0.25) is 9.79 Å². The standard InChI is InChI=1S/C24H30N2O6/c1-4-30-23(28)22-16(12-29-8-7-25)26-15-10-24(2,3)11-17(27)21(15)20(22)14-5-6-18-19(9-14)32-13-31-18/h5-6,9,20-21H,4,7-8,10-13,25H2,1-3H3. The highest BCUT2D eigenvalue weighted by atomic mass is 16.7. The Labute approximate surface area is 187 Å². The second-order valence-corrected chi connectivity index (χ2v) is 9.08. The number of ether oxygens (including phenoxy) is 4. The zero-order chi connectivity index (χ0) is 22.9. The van der Waals surface area contributed by atoms with Gasteiger partial charge < -0.3 is 24.7 Å². The molecule has 0 bridgehead atoms. The van der Waals surface area contributed by atoms with Crippen LogP contribution in [0.1, 0.15) is 45.1 Å². The van der Waals surface area contributed by atoms with Crippen molar-refractivity contribution in [2.75, 3.05) is 33.2 Å². The van der Waals surface area contributed by atoms with Gasteiger partial charge in [0.25, 0.3) is 0 Å². The van der Waals surface area contributed by atoms with Gasteiger partial charge in [-0.2, -0.15) is 0 Å². The predicted molar refractivity (Wildman–Crippen MR) is 118 cm³/mol. The minimum Gasteiger partial charge on any atom is -0.463 e. The Morgan fingerprint density at radius 2 is 2.00 bits per heavy atom. The van der Waals surface area contributed by atoms with Gasteiger partial charge in [-0.1, -0.05) is 19.9 Å². The third kappa shape index (κ3) is 4.29. The summed E-state index contributed by atoms with van der Waals surface area (Å²) in [6.45, 7) is 7.07. The van der Waals surface area contributed by atoms with Crippen molar-refractivity contribution in [1.82, 2.24) is 0 Å². The molecule has 1 aromatic carbocycles. The smallest absolute Gasteiger partial charge is 0.336 e. The van der Waals surface area contributed by atoms with Crippen molar-refractivity contribution in [2.45, 2.75) is 39.5 Å². The zero-order valence-electron chi connectivity index (χ0n) is 18.8. The summed E-state index contributed by atoms with van der Waals surface area (Å²) in [6, 6.07) is 5.54. The van der Waals surface area contributed by atoms with Crippen molar-refractivity contribution in [2.24, 2.45) is 22.1 Å². The third-order valence-electron chi connectivity index (χ3n) is 6.00. The molecule has 32 heavy (non-hydrogen) atoms. The SMILES string of the molecule is CCOC(=O)C1=C(COCCN)N=C2CC(C)(C)CC(=O)C2C1c1ccc2c(c1)OCO2. The van der Waals surface area contributed by atoms with Crippen LogP contribution in [0.4, 0.5) is 0 Å². The van der Waals surface area contributed by atoms with Gasteiger partial charge in [0.2, 0.25) is 6.79 Å². The maximum atomic E-state index is 13.4. The first-order chi connectivity index (χ1) is 15.3. The predicted octanol–water partition coefficient (Wildman–Crippen LogP) is 2.75. The molecule has 0 saturated heterocycles. The van der Waals surface area contributed by atoms with Crippen LogP contribution in [0.15, 0.2) is 34.5 Å². The second-order valence-electron chi connectivity index (χ2n) is 9.08. The molecule has 1 saturated carbocycles. The Hall–Kier alpha value is -2.71. The van der Waals surface area contributed by atoms with Crippen LogP contribution in [-0.2, 0) is 19.1 Å². The van der Waals surface area contributed by atoms with E-state index in [2.05, 4.69) is 13.8 Å². The molecule has 0 amide bonds. The van der Waals surface area contributed by atoms with Crippen molar-refractivity contribution >= 4 is 17.5 Å². The Morgan fingerprint density at radius 3 is 2.75 bits per heavy atom. The lowest BCUT2D eigenvalue weighted by Gasteiger charge is -2.41. The van der Waals surface area contributed by atoms with E-state index in [0.717, 1.165) is 11.3 Å². The van der Waals surface area contributed by atoms with Crippen LogP contribution >= 0.6 is 0 Å². The van der Waals surface area contributed by atoms with Gasteiger partial charge in [0, 0.05) is 24.6 Å². The first-order valence-electron chi connectivity index (χ1n) is 11.0. The van der Waals surface area contributed by atoms with Gasteiger partial charge in [0.05, 0.1) is 37.0 Å². The largest absolute Gasteiger partial charge is 0.463 e. The molecule has 3 aliphatic rings. The molecule has 2 N–H and O–H groups in total. The molecule has 0 radical (unpaired) electrons. The van der Waals surface area contributed by atoms with Gasteiger partial charge in [-0.05, 0) is 36.5 Å². The number of hydrogen-bond acceptors (Lipinski definition) is 8. The summed E-state index contributed by atoms with van der Waals surface area (Å²) in [6.07, 6.45) is 1.09. The first kappa shape index (κ1) is 22.5. The fraction of sp³-hybridized carbons (Fsp3) is 0.542. The van der Waals surface area contributed by atoms with Gasteiger partial charge in [0.15, 0.2) is 11.5 Å². The van der Waals surface area contributed by atoms with E-state index < -0.39 is 17.8 Å². The molecule has 2 aliphatic heterocycles. The van der Waals surface area contributed by atoms with Gasteiger partial charge in [-0.25, -0.2) is 4.79 Å². The summed E-state index contributed by atoms with van der Waals surface area (Å²) < 4.78 is 22.1. The molecule has 2 atom stereocenters. The molecule has 1 aliphatic carbocycles. The zero-order valence-corrected chi connectivity index (χ0v) is 18.8. The number of ketones is 1. The topological polar surface area (TPSA) is 109 Å². The van der Waals surface area contributed by atoms with E-state index >= 15 is 0 Å². The number of fused-ring (bicyclic) bond motifs is 2. The van der Waals surface area contributed by atoms with E-state index in [4.69, 9.17) is 29.7 Å². The number of hydrogen-bond donors (Lipinski definition) is 1. The van der Waals surface area contributed by atoms with E-state index in [1.807, 2.05) is 18.2 Å². The second kappa shape index (κ2) is 9.03. The molecule has 1 aromatic rings. The quantitative estimate of drug-likeness (QED) is 0.511. The van der Waals surface area contributed by atoms with Crippen LogP contribution in [0.3, 0.4) is 0 Å². The van der Waals surface area contributed by atoms with E-state index in [1.54, 1.807) is 6.92 Å². The summed E-state index contributed by atoms with van der Waals surface area (Å²) >= 11 is 0. The maximum Gasteiger partial charge on any atom is 0.336 e. The number of Topliss-reactive ketones (excluding diaryl/α,β-unsaturated/α-hetero) is 1. The van der Waals surface area contributed by atoms with E-state index in [9.17, 15) is 9.59 Å². The average molecular weight is 443 g/mol. The Kier molecular flexibility index (Phi) is 6.35. The van der Waals surface area contributed by atoms with Crippen molar-refractivity contribution < 1.29 is 28.5 Å². The molecule has 8 heteroatoms. The molecule has 8 nitrogen and oxygen atoms in total. The summed E-state index contributed by atoms with van der Waals surface area (Å²) in [5, 5.41) is 0. The molecular formula is C24H30N2O6. The van der Waals surface area contributed by atoms with Crippen LogP contribution in [0.5, 0.6) is 11.5 Å². The maximum absolute atomic E-state index is 13.4. The first-order valence-corrected chi connectivity index (χ1v) is 11.0. The normalized spacial score (nSPS) is 23.6. The van der Waals surface area contributed by atoms with E-state index in [-0.39, 0.29) is 31.2 Å². The lowest BCUT2D eigenvalue weighted by Crippen LogP contribution is -2.44. The fourth-order valence-corrected chi connectivity index (χ4v) is 4.78. The van der Waals surface area contributed by atoms with E-state index in [1.165, 1.54) is 0 Å². The molecule has 1 fully saturated rings. The number of aliphatic imine (C=N–C) groups is 1. The summed E-state index contributed by atoms with van der Waals surface area (Å²) in [5.74, 6) is -0.229. The number of carbonyl (C=O) groups is 2. The van der Waals surface area contributed by atoms with Crippen molar-refractivity contribution in [3.63, 3.8) is 0 Å². The number of esters is 1. The van der Waals surface area contributed by atoms with Crippen molar-refractivity contribution in [3.8, 4) is 11.5 Å². The number of benzene rings is 1. The highest BCUT2D eigenvalue weighted by molar-refractivity contribution is 6.12. The summed E-state index contributed by atoms with van der Waals surface area (Å²) in [5.41, 5.74) is 7.82. The monoisotopic (exact) mass is 442 g/mol. The van der Waals surface area contributed by atoms with Gasteiger partial charge in [-0.15, -0.1) is 0 Å². The summed E-state index contributed by atoms with van der Waals surface area (Å²) in [4.78, 5) is 31.4. The fourth-order valence-electron chi connectivity index (χ4n) is 4.78. The Morgan fingerprint density at radius 1 is 1.22 bits per heavy atom. The average Bonchev–Trinajstić information content (AvgIpc) is 3.20. The molecule has 4 rings (SSSR count). The Balaban J connectivity index is 1.86. The molecule has 2 heterocycles. The number of nitrogens with zero attached hydrogens (tertiary/aromatic N) is 1. The molecule has 0 spiro atoms. The highest BCUT2D eigenvalue weighted by Gasteiger charge is 2.48. The molecular weight excluding hydrogens is 412 g/mol. The lowest BCUT2D eigenvalue weighted by molar-refractivity contribution is -0.139. The third-order valence-corrected chi connectivity index (χ3v) is 6.00. The Bertz CT molecular complexity index is 981. The number of rotatable bonds is 7. The van der Waals surface area contributed by atoms with Gasteiger partial charge >= 0.3 is 5.97 Å². The molecule has 172 valence electrons. The van der Waals surface area contributed by atoms with Crippen LogP contribution in [-0.4, -0.2) is 50.6 Å². The van der Waals surface area contributed by atoms with Crippen LogP contribution in [0.2, 0.25) is 0 Å². The minimum absolute atomic E-state index is 0.0754. The van der Waals surface area contributed by atoms with Crippen LogP contribution < -0.4 is 15.2 Å². The van der Waals surface area contributed by atoms with E-state index in [0.29, 0.717) is 48.8 Å².